The molecule has 6 aliphatic rings. The van der Waals surface area contributed by atoms with E-state index < -0.39 is 34.5 Å². The molecule has 6 fully saturated rings. The number of hydrogen-bond acceptors (Lipinski definition) is 8. The second-order valence-electron chi connectivity index (χ2n) is 24.4. The zero-order valence-electron chi connectivity index (χ0n) is 42.6. The second kappa shape index (κ2) is 20.9. The molecule has 0 aliphatic heterocycles. The molecule has 0 radical (unpaired) electrons. The Bertz CT molecular complexity index is 1500. The topological polar surface area (TPSA) is 97.4 Å². The van der Waals surface area contributed by atoms with Crippen LogP contribution in [0.3, 0.4) is 0 Å². The Morgan fingerprint density at radius 1 is 0.597 bits per heavy atom. The second-order valence-corrected chi connectivity index (χ2v) is 33.9. The maximum absolute atomic E-state index is 12.2. The van der Waals surface area contributed by atoms with Crippen LogP contribution in [0.1, 0.15) is 177 Å². The molecule has 4 unspecified atom stereocenters. The molecule has 6 aliphatic carbocycles. The Labute approximate surface area is 399 Å². The molecular weight excluding hydrogens is 827 g/mol. The molecule has 8 atom stereocenters. The van der Waals surface area contributed by atoms with E-state index in [0.29, 0.717) is 53.1 Å². The van der Waals surface area contributed by atoms with Crippen LogP contribution in [0.25, 0.3) is 0 Å². The fraction of sp³-hybridized carbons (Fsp3) is 0.940. The van der Waals surface area contributed by atoms with Crippen molar-refractivity contribution < 1.29 is 68.7 Å². The first-order valence-corrected chi connectivity index (χ1v) is 30.2. The number of ether oxygens (including phenoxy) is 3. The van der Waals surface area contributed by atoms with E-state index in [0.717, 1.165) is 24.7 Å². The van der Waals surface area contributed by atoms with Crippen LogP contribution in [0, 0.1) is 51.2 Å². The molecule has 0 saturated heterocycles. The number of methoxy groups -OCH3 is 3. The summed E-state index contributed by atoms with van der Waals surface area (Å²) in [7, 11) is 0.663. The van der Waals surface area contributed by atoms with Crippen LogP contribution in [0.15, 0.2) is 0 Å². The maximum Gasteiger partial charge on any atom is 1.00 e. The van der Waals surface area contributed by atoms with Gasteiger partial charge in [0, 0.05) is 18.6 Å². The van der Waals surface area contributed by atoms with E-state index in [9.17, 15) is 14.4 Å². The molecule has 0 heterocycles. The average Bonchev–Trinajstić information content (AvgIpc) is 4.05. The molecule has 0 N–H and O–H groups in total. The average molecular weight is 918 g/mol. The van der Waals surface area contributed by atoms with Gasteiger partial charge in [0.05, 0.1) is 21.3 Å². The minimum atomic E-state index is -1.80. The van der Waals surface area contributed by atoms with Crippen LogP contribution in [-0.2, 0) is 37.4 Å². The molecule has 0 bridgehead atoms. The van der Waals surface area contributed by atoms with Gasteiger partial charge in [0.1, 0.15) is 0 Å². The molecule has 0 aromatic carbocycles. The van der Waals surface area contributed by atoms with Crippen LogP contribution in [0.5, 0.6) is 0 Å². The van der Waals surface area contributed by atoms with Crippen LogP contribution in [0.2, 0.25) is 36.3 Å². The summed E-state index contributed by atoms with van der Waals surface area (Å²) in [6.45, 7) is 28.8. The van der Waals surface area contributed by atoms with E-state index in [2.05, 4.69) is 81.6 Å². The van der Waals surface area contributed by atoms with Crippen molar-refractivity contribution in [2.24, 2.45) is 51.2 Å². The summed E-state index contributed by atoms with van der Waals surface area (Å²) in [5.74, 6) is 1.06. The zero-order valence-corrected chi connectivity index (χ0v) is 45.4. The molecule has 0 aromatic heterocycles. The van der Waals surface area contributed by atoms with Crippen molar-refractivity contribution in [3.8, 4) is 0 Å². The molecule has 0 spiro atoms. The van der Waals surface area contributed by atoms with Gasteiger partial charge in [-0.15, -0.1) is 0 Å². The zero-order chi connectivity index (χ0) is 44.7. The molecule has 6 saturated carbocycles. The van der Waals surface area contributed by atoms with Crippen molar-refractivity contribution in [1.82, 2.24) is 0 Å². The Balaban J connectivity index is 0.000000323. The molecule has 62 heavy (non-hydrogen) atoms. The van der Waals surface area contributed by atoms with Gasteiger partial charge in [-0.05, 0) is 184 Å². The van der Waals surface area contributed by atoms with Crippen molar-refractivity contribution >= 4 is 34.5 Å². The Morgan fingerprint density at radius 2 is 0.984 bits per heavy atom. The third-order valence-corrected chi connectivity index (χ3v) is 28.1. The normalized spacial score (nSPS) is 32.1. The van der Waals surface area contributed by atoms with Crippen LogP contribution < -0.4 is 31.3 Å². The fourth-order valence-corrected chi connectivity index (χ4v) is 16.0. The molecule has 8 nitrogen and oxygen atoms in total. The predicted octanol–water partition coefficient (Wildman–Crippen LogP) is 6.84. The number of fused-ring (bicyclic) bond motifs is 2. The van der Waals surface area contributed by atoms with Gasteiger partial charge >= 0.3 is 36.8 Å². The van der Waals surface area contributed by atoms with Crippen LogP contribution in [-0.4, -0.2) is 68.1 Å². The van der Waals surface area contributed by atoms with Gasteiger partial charge in [0.25, 0.3) is 0 Å². The largest absolute Gasteiger partial charge is 1.00 e. The van der Waals surface area contributed by atoms with E-state index in [1.165, 1.54) is 118 Å². The molecule has 6 rings (SSSR count). The summed E-state index contributed by atoms with van der Waals surface area (Å²) in [6.07, 6.45) is 23.1. The van der Waals surface area contributed by atoms with Gasteiger partial charge in [-0.2, -0.15) is 0 Å². The number of carbonyl (C=O) groups excluding carboxylic acids is 3. The maximum atomic E-state index is 12.2. The SMILES string of the molecule is COC(=O)C(CCC1(C2CCC3[C@@H](O[Si](C)(C)C(C)(C)C)CCC[C@@]32C)CC1)C(=O)OC.COC(=O)CCCC1(C2CCC3[C@@H](O[Si](C)(C)C(C)(C)C)CCC[C@@]32C)CC1.[Cl-].[Li+]. The molecule has 354 valence electrons. The van der Waals surface area contributed by atoms with Crippen molar-refractivity contribution in [1.29, 1.82) is 0 Å². The van der Waals surface area contributed by atoms with Crippen molar-refractivity contribution in [2.45, 2.75) is 226 Å². The summed E-state index contributed by atoms with van der Waals surface area (Å²) < 4.78 is 28.6. The minimum Gasteiger partial charge on any atom is -1.00 e. The predicted molar refractivity (Wildman–Crippen MR) is 246 cm³/mol. The van der Waals surface area contributed by atoms with Gasteiger partial charge in [-0.3, -0.25) is 14.4 Å². The number of rotatable bonds is 15. The van der Waals surface area contributed by atoms with Crippen molar-refractivity contribution in [3.63, 3.8) is 0 Å². The quantitative estimate of drug-likeness (QED) is 0.0764. The third-order valence-electron chi connectivity index (χ3n) is 19.1. The monoisotopic (exact) mass is 917 g/mol. The van der Waals surface area contributed by atoms with Gasteiger partial charge in [-0.1, -0.05) is 68.2 Å². The van der Waals surface area contributed by atoms with Crippen LogP contribution >= 0.6 is 0 Å². The molecule has 0 aromatic rings. The van der Waals surface area contributed by atoms with Gasteiger partial charge in [0.2, 0.25) is 0 Å². The summed E-state index contributed by atoms with van der Waals surface area (Å²) in [5, 5.41) is 0.512. The molecule has 0 amide bonds. The van der Waals surface area contributed by atoms with E-state index in [4.69, 9.17) is 23.1 Å². The Kier molecular flexibility index (Phi) is 18.9. The van der Waals surface area contributed by atoms with Gasteiger partial charge in [-0.25, -0.2) is 0 Å². The minimum absolute atomic E-state index is 0. The Hall–Kier alpha value is -0.349. The van der Waals surface area contributed by atoms with E-state index in [1.807, 2.05) is 0 Å². The van der Waals surface area contributed by atoms with E-state index >= 15 is 0 Å². The number of hydrogen-bond donors (Lipinski definition) is 0. The summed E-state index contributed by atoms with van der Waals surface area (Å²) in [4.78, 5) is 35.9. The van der Waals surface area contributed by atoms with Crippen LogP contribution in [0.4, 0.5) is 0 Å². The number of halogens is 1. The summed E-state index contributed by atoms with van der Waals surface area (Å²) >= 11 is 0. The first-order valence-electron chi connectivity index (χ1n) is 24.3. The molecule has 12 heteroatoms. The molecular formula is C50H90ClLiO8Si2. The standard InChI is InChI=1S/C26H46O5Si.C24H44O3Si.ClH.Li/c1-24(2,3)32(7,8)31-20-10-9-14-25(4)19(20)11-12-21(25)26(16-17-26)15-13-18(22(27)29-5)23(28)30-6;1-22(2,3)28(6,7)27-19-10-8-14-23(4)18(19)12-13-20(23)24(16-17-24)15-9-11-21(25)26-5;;/h18-21H,9-17H2,1-8H3;18-20H,8-17H2,1-7H3;1H;/q;;;+1/p-1/t19?,20-,21?,25-;18?,19-,20?,23-;;/m00../s1. The number of carbonyl (C=O) groups is 3. The van der Waals surface area contributed by atoms with E-state index in [-0.39, 0.29) is 52.7 Å². The first-order chi connectivity index (χ1) is 27.8. The summed E-state index contributed by atoms with van der Waals surface area (Å²) in [6, 6.07) is 0. The van der Waals surface area contributed by atoms with Crippen molar-refractivity contribution in [2.75, 3.05) is 21.3 Å². The van der Waals surface area contributed by atoms with Crippen molar-refractivity contribution in [3.05, 3.63) is 0 Å². The Morgan fingerprint density at radius 3 is 1.32 bits per heavy atom. The third kappa shape index (κ3) is 11.7. The number of esters is 3. The fourth-order valence-electron chi connectivity index (χ4n) is 13.2. The van der Waals surface area contributed by atoms with Gasteiger partial charge in [0.15, 0.2) is 22.6 Å². The van der Waals surface area contributed by atoms with E-state index in [1.54, 1.807) is 0 Å². The van der Waals surface area contributed by atoms with Gasteiger partial charge < -0.3 is 35.5 Å². The first kappa shape index (κ1) is 56.0. The smallest absolute Gasteiger partial charge is 1.00 e. The summed E-state index contributed by atoms with van der Waals surface area (Å²) in [5.41, 5.74) is 1.51.